The van der Waals surface area contributed by atoms with Gasteiger partial charge in [-0.05, 0) is 30.3 Å². The minimum absolute atomic E-state index is 0. The van der Waals surface area contributed by atoms with E-state index >= 15 is 0 Å². The molecule has 1 aliphatic heterocycles. The molecule has 1 aromatic carbocycles. The summed E-state index contributed by atoms with van der Waals surface area (Å²) in [4.78, 5) is 2.38. The summed E-state index contributed by atoms with van der Waals surface area (Å²) in [5.74, 6) is 1.12. The van der Waals surface area contributed by atoms with Crippen LogP contribution in [0.3, 0.4) is 0 Å². The van der Waals surface area contributed by atoms with Crippen molar-refractivity contribution in [2.75, 3.05) is 39.4 Å². The summed E-state index contributed by atoms with van der Waals surface area (Å²) >= 11 is 5.80. The van der Waals surface area contributed by atoms with E-state index in [0.29, 0.717) is 12.3 Å². The van der Waals surface area contributed by atoms with Gasteiger partial charge in [0.05, 0.1) is 24.8 Å². The molecule has 140 valence electrons. The molecule has 2 heterocycles. The van der Waals surface area contributed by atoms with Crippen molar-refractivity contribution in [1.29, 1.82) is 0 Å². The maximum Gasteiger partial charge on any atom is 0.141 e. The first-order chi connectivity index (χ1) is 11.2. The van der Waals surface area contributed by atoms with Gasteiger partial charge in [-0.1, -0.05) is 11.6 Å². The lowest BCUT2D eigenvalue weighted by Gasteiger charge is -2.26. The zero-order valence-electron chi connectivity index (χ0n) is 13.7. The molecule has 25 heavy (non-hydrogen) atoms. The van der Waals surface area contributed by atoms with E-state index < -0.39 is 5.82 Å². The number of nitrogens with zero attached hydrogens (tertiary/aromatic N) is 1. The Balaban J connectivity index is 0.00000156. The van der Waals surface area contributed by atoms with Crippen molar-refractivity contribution >= 4 is 36.4 Å². The van der Waals surface area contributed by atoms with Crippen LogP contribution >= 0.6 is 36.4 Å². The van der Waals surface area contributed by atoms with Crippen LogP contribution in [0.5, 0.6) is 0 Å². The number of ether oxygens (including phenoxy) is 1. The molecule has 1 aliphatic rings. The van der Waals surface area contributed by atoms with Crippen molar-refractivity contribution in [3.8, 4) is 11.3 Å². The summed E-state index contributed by atoms with van der Waals surface area (Å²) in [6.07, 6.45) is 0. The average Bonchev–Trinajstić information content (AvgIpc) is 3.04. The maximum atomic E-state index is 13.2. The molecule has 0 aliphatic carbocycles. The van der Waals surface area contributed by atoms with Gasteiger partial charge in [-0.15, -0.1) is 24.8 Å². The van der Waals surface area contributed by atoms with Gasteiger partial charge in [0.15, 0.2) is 0 Å². The number of nitrogens with one attached hydrogen (secondary N) is 1. The van der Waals surface area contributed by atoms with Crippen molar-refractivity contribution < 1.29 is 13.5 Å². The zero-order valence-corrected chi connectivity index (χ0v) is 16.1. The normalized spacial score (nSPS) is 14.6. The Morgan fingerprint density at radius 1 is 1.12 bits per heavy atom. The largest absolute Gasteiger partial charge is 0.460 e. The molecule has 0 atom stereocenters. The van der Waals surface area contributed by atoms with Crippen LogP contribution < -0.4 is 5.32 Å². The van der Waals surface area contributed by atoms with Crippen LogP contribution in [0, 0.1) is 5.82 Å². The van der Waals surface area contributed by atoms with Crippen molar-refractivity contribution in [2.45, 2.75) is 6.54 Å². The third-order valence-corrected chi connectivity index (χ3v) is 4.16. The Morgan fingerprint density at radius 2 is 1.88 bits per heavy atom. The van der Waals surface area contributed by atoms with Gasteiger partial charge in [-0.25, -0.2) is 4.39 Å². The highest BCUT2D eigenvalue weighted by atomic mass is 35.5. The fourth-order valence-electron chi connectivity index (χ4n) is 2.55. The Labute approximate surface area is 164 Å². The number of rotatable bonds is 6. The van der Waals surface area contributed by atoms with Crippen molar-refractivity contribution in [2.24, 2.45) is 0 Å². The molecule has 4 nitrogen and oxygen atoms in total. The number of benzene rings is 1. The number of hydrogen-bond donors (Lipinski definition) is 1. The van der Waals surface area contributed by atoms with Crippen LogP contribution in [0.1, 0.15) is 5.76 Å². The topological polar surface area (TPSA) is 37.6 Å². The van der Waals surface area contributed by atoms with E-state index in [0.717, 1.165) is 50.7 Å². The van der Waals surface area contributed by atoms with Crippen LogP contribution in [0.4, 0.5) is 4.39 Å². The summed E-state index contributed by atoms with van der Waals surface area (Å²) < 4.78 is 24.3. The fourth-order valence-corrected chi connectivity index (χ4v) is 2.73. The third-order valence-electron chi connectivity index (χ3n) is 3.87. The molecule has 2 aromatic rings. The molecule has 1 fully saturated rings. The molecule has 0 unspecified atom stereocenters. The van der Waals surface area contributed by atoms with E-state index in [1.165, 1.54) is 6.07 Å². The fraction of sp³-hybridized carbons (Fsp3) is 0.412. The van der Waals surface area contributed by atoms with Gasteiger partial charge in [-0.2, -0.15) is 0 Å². The highest BCUT2D eigenvalue weighted by molar-refractivity contribution is 6.31. The summed E-state index contributed by atoms with van der Waals surface area (Å²) in [6.45, 7) is 6.21. The molecule has 1 aromatic heterocycles. The first-order valence-corrected chi connectivity index (χ1v) is 8.15. The van der Waals surface area contributed by atoms with Crippen LogP contribution in [-0.4, -0.2) is 44.3 Å². The van der Waals surface area contributed by atoms with Gasteiger partial charge in [0.2, 0.25) is 0 Å². The Hall–Kier alpha value is -0.820. The molecule has 1 N–H and O–H groups in total. The van der Waals surface area contributed by atoms with E-state index in [2.05, 4.69) is 10.2 Å². The number of hydrogen-bond acceptors (Lipinski definition) is 4. The summed E-state index contributed by atoms with van der Waals surface area (Å²) in [6, 6.07) is 8.39. The van der Waals surface area contributed by atoms with Crippen LogP contribution in [0.25, 0.3) is 11.3 Å². The third kappa shape index (κ3) is 6.44. The molecule has 3 rings (SSSR count). The monoisotopic (exact) mass is 410 g/mol. The van der Waals surface area contributed by atoms with Crippen molar-refractivity contribution in [1.82, 2.24) is 10.2 Å². The summed E-state index contributed by atoms with van der Waals surface area (Å²) in [5.41, 5.74) is 0.774. The molecule has 8 heteroatoms. The number of furan rings is 1. The Morgan fingerprint density at radius 3 is 2.60 bits per heavy atom. The van der Waals surface area contributed by atoms with E-state index in [1.54, 1.807) is 12.1 Å². The molecular weight excluding hydrogens is 390 g/mol. The quantitative estimate of drug-likeness (QED) is 0.729. The molecule has 0 saturated carbocycles. The minimum Gasteiger partial charge on any atom is -0.460 e. The first-order valence-electron chi connectivity index (χ1n) is 7.77. The standard InChI is InChI=1S/C17H20ClFN2O2.2ClH/c18-15-11-13(1-3-16(15)19)17-4-2-14(23-17)12-20-5-6-21-7-9-22-10-8-21;;/h1-4,11,20H,5-10,12H2;2*1H. The molecule has 0 radical (unpaired) electrons. The molecular formula is C17H22Cl3FN2O2. The predicted molar refractivity (Wildman–Crippen MR) is 103 cm³/mol. The van der Waals surface area contributed by atoms with Crippen LogP contribution in [0.15, 0.2) is 34.7 Å². The molecule has 0 bridgehead atoms. The van der Waals surface area contributed by atoms with Crippen LogP contribution in [-0.2, 0) is 11.3 Å². The van der Waals surface area contributed by atoms with Gasteiger partial charge < -0.3 is 14.5 Å². The lowest BCUT2D eigenvalue weighted by Crippen LogP contribution is -2.40. The summed E-state index contributed by atoms with van der Waals surface area (Å²) in [5, 5.41) is 3.47. The highest BCUT2D eigenvalue weighted by Gasteiger charge is 2.10. The summed E-state index contributed by atoms with van der Waals surface area (Å²) in [7, 11) is 0. The maximum absolute atomic E-state index is 13.2. The van der Waals surface area contributed by atoms with Gasteiger partial charge in [0.1, 0.15) is 17.3 Å². The second kappa shape index (κ2) is 11.0. The second-order valence-corrected chi connectivity index (χ2v) is 5.93. The van der Waals surface area contributed by atoms with Gasteiger partial charge in [0.25, 0.3) is 0 Å². The lowest BCUT2D eigenvalue weighted by atomic mass is 10.2. The molecule has 0 amide bonds. The van der Waals surface area contributed by atoms with Gasteiger partial charge >= 0.3 is 0 Å². The van der Waals surface area contributed by atoms with Gasteiger partial charge in [-0.3, -0.25) is 4.90 Å². The zero-order chi connectivity index (χ0) is 16.1. The molecule has 0 spiro atoms. The Kier molecular flexibility index (Phi) is 9.79. The van der Waals surface area contributed by atoms with E-state index in [-0.39, 0.29) is 29.8 Å². The van der Waals surface area contributed by atoms with E-state index in [9.17, 15) is 4.39 Å². The number of halogens is 4. The van der Waals surface area contributed by atoms with Crippen molar-refractivity contribution in [3.63, 3.8) is 0 Å². The van der Waals surface area contributed by atoms with Crippen LogP contribution in [0.2, 0.25) is 5.02 Å². The smallest absolute Gasteiger partial charge is 0.141 e. The van der Waals surface area contributed by atoms with Gasteiger partial charge in [0, 0.05) is 31.7 Å². The second-order valence-electron chi connectivity index (χ2n) is 5.53. The van der Waals surface area contributed by atoms with Crippen molar-refractivity contribution in [3.05, 3.63) is 46.9 Å². The van der Waals surface area contributed by atoms with E-state index in [4.69, 9.17) is 20.8 Å². The molecule has 1 saturated heterocycles. The minimum atomic E-state index is -0.424. The number of morpholine rings is 1. The highest BCUT2D eigenvalue weighted by Crippen LogP contribution is 2.26. The Bertz CT molecular complexity index is 649. The lowest BCUT2D eigenvalue weighted by molar-refractivity contribution is 0.0383. The average molecular weight is 412 g/mol. The first kappa shape index (κ1) is 22.2. The predicted octanol–water partition coefficient (Wildman–Crippen LogP) is 4.00. The SMILES string of the molecule is Cl.Cl.Fc1ccc(-c2ccc(CNCCN3CCOCC3)o2)cc1Cl. The van der Waals surface area contributed by atoms with E-state index in [1.807, 2.05) is 12.1 Å².